The Hall–Kier alpha value is -0.860. The van der Waals surface area contributed by atoms with Gasteiger partial charge in [-0.05, 0) is 38.5 Å². The van der Waals surface area contributed by atoms with Crippen molar-refractivity contribution >= 4 is 0 Å². The fourth-order valence-corrected chi connectivity index (χ4v) is 1.76. The van der Waals surface area contributed by atoms with Gasteiger partial charge in [-0.15, -0.1) is 0 Å². The lowest BCUT2D eigenvalue weighted by atomic mass is 10.2. The van der Waals surface area contributed by atoms with E-state index >= 15 is 0 Å². The molecule has 18 heavy (non-hydrogen) atoms. The Balaban J connectivity index is 0.000000135. The van der Waals surface area contributed by atoms with Crippen LogP contribution in [0.1, 0.15) is 38.5 Å². The van der Waals surface area contributed by atoms with Crippen LogP contribution in [-0.2, 0) is 9.47 Å². The molecule has 1 aromatic carbocycles. The fourth-order valence-electron chi connectivity index (χ4n) is 1.76. The molecule has 0 bridgehead atoms. The monoisotopic (exact) mass is 250 g/mol. The molecule has 2 heterocycles. The van der Waals surface area contributed by atoms with Gasteiger partial charge in [0.25, 0.3) is 0 Å². The van der Waals surface area contributed by atoms with Crippen LogP contribution in [-0.4, -0.2) is 26.4 Å². The Morgan fingerprint density at radius 3 is 0.778 bits per heavy atom. The summed E-state index contributed by atoms with van der Waals surface area (Å²) in [6, 6.07) is 12.0. The summed E-state index contributed by atoms with van der Waals surface area (Å²) in [6.07, 6.45) is 7.86. The molecule has 2 fully saturated rings. The van der Waals surface area contributed by atoms with Crippen LogP contribution in [0.4, 0.5) is 0 Å². The zero-order valence-corrected chi connectivity index (χ0v) is 11.4. The first-order valence-corrected chi connectivity index (χ1v) is 7.15. The molecule has 0 atom stereocenters. The zero-order valence-electron chi connectivity index (χ0n) is 11.4. The van der Waals surface area contributed by atoms with E-state index in [2.05, 4.69) is 0 Å². The van der Waals surface area contributed by atoms with Gasteiger partial charge >= 0.3 is 0 Å². The first-order chi connectivity index (χ1) is 9.00. The number of hydrogen-bond acceptors (Lipinski definition) is 2. The van der Waals surface area contributed by atoms with Gasteiger partial charge < -0.3 is 9.47 Å². The summed E-state index contributed by atoms with van der Waals surface area (Å²) in [6.45, 7) is 4.00. The summed E-state index contributed by atoms with van der Waals surface area (Å²) in [4.78, 5) is 0. The van der Waals surface area contributed by atoms with Crippen molar-refractivity contribution in [3.63, 3.8) is 0 Å². The van der Waals surface area contributed by atoms with Crippen molar-refractivity contribution in [3.05, 3.63) is 36.4 Å². The standard InChI is InChI=1S/C6H6.2C5H10O/c3*1-2-4-6-5-3-1/h1-6H;2*1-5H2. The van der Waals surface area contributed by atoms with E-state index in [4.69, 9.17) is 9.47 Å². The second kappa shape index (κ2) is 12.6. The zero-order chi connectivity index (χ0) is 12.7. The molecule has 2 aliphatic rings. The van der Waals surface area contributed by atoms with Crippen molar-refractivity contribution in [2.75, 3.05) is 26.4 Å². The lowest BCUT2D eigenvalue weighted by Crippen LogP contribution is -2.03. The molecule has 0 aliphatic carbocycles. The smallest absolute Gasteiger partial charge is 0.0466 e. The van der Waals surface area contributed by atoms with Crippen LogP contribution in [0.5, 0.6) is 0 Å². The maximum Gasteiger partial charge on any atom is 0.0466 e. The summed E-state index contributed by atoms with van der Waals surface area (Å²) in [7, 11) is 0. The molecule has 0 spiro atoms. The van der Waals surface area contributed by atoms with Crippen molar-refractivity contribution in [2.45, 2.75) is 38.5 Å². The van der Waals surface area contributed by atoms with Gasteiger partial charge in [-0.25, -0.2) is 0 Å². The van der Waals surface area contributed by atoms with Gasteiger partial charge in [0.2, 0.25) is 0 Å². The van der Waals surface area contributed by atoms with E-state index in [1.807, 2.05) is 36.4 Å². The first kappa shape index (κ1) is 15.2. The largest absolute Gasteiger partial charge is 0.381 e. The SMILES string of the molecule is C1CCOCC1.C1CCOCC1.c1ccccc1. The number of ether oxygens (including phenoxy) is 2. The van der Waals surface area contributed by atoms with Gasteiger partial charge in [0.05, 0.1) is 0 Å². The molecule has 0 N–H and O–H groups in total. The average molecular weight is 250 g/mol. The lowest BCUT2D eigenvalue weighted by molar-refractivity contribution is 0.0967. The third-order valence-corrected chi connectivity index (χ3v) is 2.82. The molecular formula is C16H26O2. The predicted molar refractivity (Wildman–Crippen MR) is 75.8 cm³/mol. The van der Waals surface area contributed by atoms with Crippen molar-refractivity contribution < 1.29 is 9.47 Å². The molecule has 2 heteroatoms. The van der Waals surface area contributed by atoms with Crippen molar-refractivity contribution in [3.8, 4) is 0 Å². The van der Waals surface area contributed by atoms with E-state index in [0.29, 0.717) is 0 Å². The first-order valence-electron chi connectivity index (χ1n) is 7.15. The normalized spacial score (nSPS) is 18.7. The summed E-state index contributed by atoms with van der Waals surface area (Å²) >= 11 is 0. The van der Waals surface area contributed by atoms with Gasteiger partial charge in [-0.1, -0.05) is 36.4 Å². The van der Waals surface area contributed by atoms with Gasteiger partial charge in [0, 0.05) is 26.4 Å². The molecular weight excluding hydrogens is 224 g/mol. The maximum atomic E-state index is 5.07. The molecule has 0 amide bonds. The van der Waals surface area contributed by atoms with Gasteiger partial charge in [0.1, 0.15) is 0 Å². The molecule has 0 unspecified atom stereocenters. The Labute approximate surface area is 111 Å². The molecule has 3 rings (SSSR count). The van der Waals surface area contributed by atoms with E-state index in [1.165, 1.54) is 38.5 Å². The topological polar surface area (TPSA) is 18.5 Å². The van der Waals surface area contributed by atoms with E-state index in [9.17, 15) is 0 Å². The highest BCUT2D eigenvalue weighted by atomic mass is 16.5. The number of rotatable bonds is 0. The maximum absolute atomic E-state index is 5.07. The number of hydrogen-bond donors (Lipinski definition) is 0. The van der Waals surface area contributed by atoms with Gasteiger partial charge in [0.15, 0.2) is 0 Å². The average Bonchev–Trinajstić information content (AvgIpc) is 2.54. The minimum Gasteiger partial charge on any atom is -0.381 e. The highest BCUT2D eigenvalue weighted by Gasteiger charge is 1.95. The third kappa shape index (κ3) is 10.3. The van der Waals surface area contributed by atoms with E-state index in [0.717, 1.165) is 26.4 Å². The van der Waals surface area contributed by atoms with Crippen LogP contribution >= 0.6 is 0 Å². The van der Waals surface area contributed by atoms with E-state index in [-0.39, 0.29) is 0 Å². The van der Waals surface area contributed by atoms with Gasteiger partial charge in [-0.2, -0.15) is 0 Å². The molecule has 2 nitrogen and oxygen atoms in total. The van der Waals surface area contributed by atoms with Crippen LogP contribution in [0, 0.1) is 0 Å². The van der Waals surface area contributed by atoms with Gasteiger partial charge in [-0.3, -0.25) is 0 Å². The molecule has 0 aromatic heterocycles. The fraction of sp³-hybridized carbons (Fsp3) is 0.625. The summed E-state index contributed by atoms with van der Waals surface area (Å²) in [5, 5.41) is 0. The molecule has 1 aromatic rings. The van der Waals surface area contributed by atoms with Crippen LogP contribution in [0.3, 0.4) is 0 Å². The van der Waals surface area contributed by atoms with Crippen LogP contribution in [0.15, 0.2) is 36.4 Å². The predicted octanol–water partition coefficient (Wildman–Crippen LogP) is 4.06. The summed E-state index contributed by atoms with van der Waals surface area (Å²) in [5.41, 5.74) is 0. The van der Waals surface area contributed by atoms with Crippen molar-refractivity contribution in [2.24, 2.45) is 0 Å². The van der Waals surface area contributed by atoms with Crippen LogP contribution in [0.25, 0.3) is 0 Å². The van der Waals surface area contributed by atoms with E-state index in [1.54, 1.807) is 0 Å². The highest BCUT2D eigenvalue weighted by Crippen LogP contribution is 2.02. The van der Waals surface area contributed by atoms with Crippen molar-refractivity contribution in [1.82, 2.24) is 0 Å². The quantitative estimate of drug-likeness (QED) is 0.691. The molecule has 0 radical (unpaired) electrons. The molecule has 0 saturated carbocycles. The van der Waals surface area contributed by atoms with E-state index < -0.39 is 0 Å². The molecule has 2 saturated heterocycles. The third-order valence-electron chi connectivity index (χ3n) is 2.82. The minimum absolute atomic E-state index is 1.00. The second-order valence-corrected chi connectivity index (χ2v) is 4.50. The Morgan fingerprint density at radius 1 is 0.389 bits per heavy atom. The Bertz CT molecular complexity index is 179. The highest BCUT2D eigenvalue weighted by molar-refractivity contribution is 4.99. The molecule has 2 aliphatic heterocycles. The number of benzene rings is 1. The van der Waals surface area contributed by atoms with Crippen molar-refractivity contribution in [1.29, 1.82) is 0 Å². The lowest BCUT2D eigenvalue weighted by Gasteiger charge is -2.08. The summed E-state index contributed by atoms with van der Waals surface area (Å²) < 4.78 is 10.1. The molecule has 102 valence electrons. The summed E-state index contributed by atoms with van der Waals surface area (Å²) in [5.74, 6) is 0. The minimum atomic E-state index is 1.00. The van der Waals surface area contributed by atoms with Crippen LogP contribution in [0.2, 0.25) is 0 Å². The van der Waals surface area contributed by atoms with Crippen LogP contribution < -0.4 is 0 Å². The second-order valence-electron chi connectivity index (χ2n) is 4.50. The Kier molecular flexibility index (Phi) is 10.6. The Morgan fingerprint density at radius 2 is 0.667 bits per heavy atom.